The molecule has 140 valence electrons. The van der Waals surface area contributed by atoms with Gasteiger partial charge in [-0.25, -0.2) is 0 Å². The normalized spacial score (nSPS) is 14.6. The predicted octanol–water partition coefficient (Wildman–Crippen LogP) is 3.61. The van der Waals surface area contributed by atoms with Gasteiger partial charge in [0.05, 0.1) is 0 Å². The Kier molecular flexibility index (Phi) is 7.95. The van der Waals surface area contributed by atoms with Crippen LogP contribution in [0.5, 0.6) is 5.75 Å². The number of amides is 1. The molecule has 0 aliphatic carbocycles. The van der Waals surface area contributed by atoms with Crippen molar-refractivity contribution in [3.8, 4) is 16.9 Å². The second kappa shape index (κ2) is 10.2. The smallest absolute Gasteiger partial charge is 0.260 e. The zero-order chi connectivity index (χ0) is 17.5. The van der Waals surface area contributed by atoms with E-state index in [9.17, 15) is 4.79 Å². The summed E-state index contributed by atoms with van der Waals surface area (Å²) in [6.45, 7) is 2.78. The molecule has 0 unspecified atom stereocenters. The van der Waals surface area contributed by atoms with Gasteiger partial charge in [0.25, 0.3) is 5.91 Å². The summed E-state index contributed by atoms with van der Waals surface area (Å²) in [4.78, 5) is 14.4. The summed E-state index contributed by atoms with van der Waals surface area (Å²) in [5.41, 5.74) is 2.11. The van der Waals surface area contributed by atoms with Crippen molar-refractivity contribution in [2.75, 3.05) is 33.3 Å². The van der Waals surface area contributed by atoms with Crippen LogP contribution in [0.1, 0.15) is 12.8 Å². The number of carbonyl (C=O) groups is 1. The second-order valence-corrected chi connectivity index (χ2v) is 6.53. The molecule has 0 bridgehead atoms. The maximum atomic E-state index is 12.5. The Balaban J connectivity index is 0.00000243. The number of piperidine rings is 1. The maximum Gasteiger partial charge on any atom is 0.260 e. The van der Waals surface area contributed by atoms with E-state index < -0.39 is 0 Å². The zero-order valence-electron chi connectivity index (χ0n) is 15.2. The molecular weight excluding hydrogens is 348 g/mol. The minimum Gasteiger partial charge on any atom is -0.483 e. The van der Waals surface area contributed by atoms with Crippen molar-refractivity contribution in [3.63, 3.8) is 0 Å². The molecule has 4 nitrogen and oxygen atoms in total. The Morgan fingerprint density at radius 3 is 2.42 bits per heavy atom. The van der Waals surface area contributed by atoms with Gasteiger partial charge >= 0.3 is 0 Å². The lowest BCUT2D eigenvalue weighted by Gasteiger charge is -2.32. The molecule has 3 rings (SSSR count). The lowest BCUT2D eigenvalue weighted by molar-refractivity contribution is -0.134. The number of carbonyl (C=O) groups excluding carboxylic acids is 1. The zero-order valence-corrected chi connectivity index (χ0v) is 16.0. The molecule has 1 aliphatic rings. The van der Waals surface area contributed by atoms with Crippen LogP contribution in [0.15, 0.2) is 54.6 Å². The SMILES string of the molecule is CNCC1CCN(C(=O)COc2ccccc2-c2ccccc2)CC1.Cl. The first-order valence-corrected chi connectivity index (χ1v) is 8.97. The number of likely N-dealkylation sites (tertiary alicyclic amines) is 1. The molecule has 5 heteroatoms. The van der Waals surface area contributed by atoms with E-state index in [-0.39, 0.29) is 24.9 Å². The number of nitrogens with zero attached hydrogens (tertiary/aromatic N) is 1. The van der Waals surface area contributed by atoms with Crippen LogP contribution in [0.4, 0.5) is 0 Å². The topological polar surface area (TPSA) is 41.6 Å². The van der Waals surface area contributed by atoms with Gasteiger partial charge in [-0.3, -0.25) is 4.79 Å². The highest BCUT2D eigenvalue weighted by molar-refractivity contribution is 5.85. The molecular formula is C21H27ClN2O2. The van der Waals surface area contributed by atoms with E-state index in [0.717, 1.165) is 49.4 Å². The van der Waals surface area contributed by atoms with Gasteiger partial charge in [0, 0.05) is 18.7 Å². The number of rotatable bonds is 6. The van der Waals surface area contributed by atoms with Crippen molar-refractivity contribution >= 4 is 18.3 Å². The second-order valence-electron chi connectivity index (χ2n) is 6.53. The van der Waals surface area contributed by atoms with Crippen molar-refractivity contribution in [2.24, 2.45) is 5.92 Å². The molecule has 1 aliphatic heterocycles. The summed E-state index contributed by atoms with van der Waals surface area (Å²) in [6.07, 6.45) is 2.13. The molecule has 1 saturated heterocycles. The van der Waals surface area contributed by atoms with Crippen molar-refractivity contribution in [1.82, 2.24) is 10.2 Å². The highest BCUT2D eigenvalue weighted by Gasteiger charge is 2.22. The minimum absolute atomic E-state index is 0. The fourth-order valence-electron chi connectivity index (χ4n) is 3.35. The van der Waals surface area contributed by atoms with E-state index in [1.807, 2.05) is 54.4 Å². The van der Waals surface area contributed by atoms with E-state index in [1.54, 1.807) is 0 Å². The molecule has 0 atom stereocenters. The summed E-state index contributed by atoms with van der Waals surface area (Å²) in [6, 6.07) is 18.0. The Morgan fingerprint density at radius 2 is 1.73 bits per heavy atom. The lowest BCUT2D eigenvalue weighted by Crippen LogP contribution is -2.42. The van der Waals surface area contributed by atoms with Gasteiger partial charge in [-0.1, -0.05) is 48.5 Å². The van der Waals surface area contributed by atoms with Gasteiger partial charge < -0.3 is 15.0 Å². The van der Waals surface area contributed by atoms with Crippen LogP contribution in [0.3, 0.4) is 0 Å². The van der Waals surface area contributed by atoms with E-state index in [2.05, 4.69) is 17.4 Å². The molecule has 2 aromatic carbocycles. The first-order chi connectivity index (χ1) is 12.3. The van der Waals surface area contributed by atoms with Gasteiger partial charge in [0.2, 0.25) is 0 Å². The van der Waals surface area contributed by atoms with Crippen molar-refractivity contribution in [2.45, 2.75) is 12.8 Å². The first-order valence-electron chi connectivity index (χ1n) is 8.97. The number of hydrogen-bond acceptors (Lipinski definition) is 3. The van der Waals surface area contributed by atoms with Crippen LogP contribution >= 0.6 is 12.4 Å². The molecule has 2 aromatic rings. The minimum atomic E-state index is 0. The average molecular weight is 375 g/mol. The lowest BCUT2D eigenvalue weighted by atomic mass is 9.97. The third-order valence-corrected chi connectivity index (χ3v) is 4.78. The van der Waals surface area contributed by atoms with Gasteiger partial charge in [-0.2, -0.15) is 0 Å². The van der Waals surface area contributed by atoms with Crippen LogP contribution in [-0.2, 0) is 4.79 Å². The van der Waals surface area contributed by atoms with Gasteiger partial charge in [0.1, 0.15) is 5.75 Å². The van der Waals surface area contributed by atoms with Gasteiger partial charge in [0.15, 0.2) is 6.61 Å². The third kappa shape index (κ3) is 5.23. The first kappa shape index (κ1) is 20.3. The number of benzene rings is 2. The quantitative estimate of drug-likeness (QED) is 0.839. The summed E-state index contributed by atoms with van der Waals surface area (Å²) in [5, 5.41) is 3.22. The summed E-state index contributed by atoms with van der Waals surface area (Å²) >= 11 is 0. The molecule has 1 amide bonds. The third-order valence-electron chi connectivity index (χ3n) is 4.78. The van der Waals surface area contributed by atoms with Gasteiger partial charge in [-0.05, 0) is 44.0 Å². The van der Waals surface area contributed by atoms with E-state index in [0.29, 0.717) is 5.92 Å². The van der Waals surface area contributed by atoms with E-state index >= 15 is 0 Å². The molecule has 26 heavy (non-hydrogen) atoms. The highest BCUT2D eigenvalue weighted by atomic mass is 35.5. The van der Waals surface area contributed by atoms with E-state index in [4.69, 9.17) is 4.74 Å². The average Bonchev–Trinajstić information content (AvgIpc) is 2.68. The Morgan fingerprint density at radius 1 is 1.08 bits per heavy atom. The van der Waals surface area contributed by atoms with Crippen LogP contribution in [-0.4, -0.2) is 44.1 Å². The summed E-state index contributed by atoms with van der Waals surface area (Å²) in [7, 11) is 1.98. The number of halogens is 1. The molecule has 1 N–H and O–H groups in total. The molecule has 0 aromatic heterocycles. The molecule has 0 spiro atoms. The van der Waals surface area contributed by atoms with Crippen LogP contribution < -0.4 is 10.1 Å². The predicted molar refractivity (Wildman–Crippen MR) is 108 cm³/mol. The fraction of sp³-hybridized carbons (Fsp3) is 0.381. The largest absolute Gasteiger partial charge is 0.483 e. The Hall–Kier alpha value is -2.04. The van der Waals surface area contributed by atoms with Gasteiger partial charge in [-0.15, -0.1) is 12.4 Å². The number of hydrogen-bond donors (Lipinski definition) is 1. The molecule has 0 radical (unpaired) electrons. The van der Waals surface area contributed by atoms with Crippen LogP contribution in [0, 0.1) is 5.92 Å². The molecule has 1 heterocycles. The molecule has 1 fully saturated rings. The van der Waals surface area contributed by atoms with E-state index in [1.165, 1.54) is 0 Å². The standard InChI is InChI=1S/C21H26N2O2.ClH/c1-22-15-17-11-13-23(14-12-17)21(24)16-25-20-10-6-5-9-19(20)18-7-3-2-4-8-18;/h2-10,17,22H,11-16H2,1H3;1H. The summed E-state index contributed by atoms with van der Waals surface area (Å²) in [5.74, 6) is 1.51. The van der Waals surface area contributed by atoms with Crippen LogP contribution in [0.2, 0.25) is 0 Å². The fourth-order valence-corrected chi connectivity index (χ4v) is 3.35. The monoisotopic (exact) mass is 374 g/mol. The molecule has 0 saturated carbocycles. The van der Waals surface area contributed by atoms with Crippen LogP contribution in [0.25, 0.3) is 11.1 Å². The number of nitrogens with one attached hydrogen (secondary N) is 1. The highest BCUT2D eigenvalue weighted by Crippen LogP contribution is 2.29. The van der Waals surface area contributed by atoms with Crippen molar-refractivity contribution < 1.29 is 9.53 Å². The Labute approximate surface area is 162 Å². The Bertz CT molecular complexity index is 685. The number of para-hydroxylation sites is 1. The number of ether oxygens (including phenoxy) is 1. The summed E-state index contributed by atoms with van der Waals surface area (Å²) < 4.78 is 5.88. The maximum absolute atomic E-state index is 12.5. The van der Waals surface area contributed by atoms with Crippen molar-refractivity contribution in [3.05, 3.63) is 54.6 Å². The van der Waals surface area contributed by atoms with Crippen molar-refractivity contribution in [1.29, 1.82) is 0 Å².